The molecule has 0 amide bonds. The molecule has 0 radical (unpaired) electrons. The highest BCUT2D eigenvalue weighted by molar-refractivity contribution is 5.90. The number of halogens is 1. The molecule has 0 heterocycles. The van der Waals surface area contributed by atoms with Gasteiger partial charge in [-0.2, -0.15) is 0 Å². The van der Waals surface area contributed by atoms with Crippen LogP contribution in [0.4, 0.5) is 5.69 Å². The second kappa shape index (κ2) is 10.8. The van der Waals surface area contributed by atoms with Crippen molar-refractivity contribution in [1.82, 2.24) is 0 Å². The Morgan fingerprint density at radius 2 is 1.70 bits per heavy atom. The van der Waals surface area contributed by atoms with Crippen molar-refractivity contribution in [2.24, 2.45) is 5.73 Å². The summed E-state index contributed by atoms with van der Waals surface area (Å²) in [4.78, 5) is 23.5. The second-order valence-corrected chi connectivity index (χ2v) is 5.45. The molecule has 2 aromatic carbocycles. The maximum atomic E-state index is 11.9. The minimum Gasteiger partial charge on any atom is -0.462 e. The highest BCUT2D eigenvalue weighted by Gasteiger charge is 2.09. The normalized spacial score (nSPS) is 9.67. The Morgan fingerprint density at radius 3 is 2.26 bits per heavy atom. The van der Waals surface area contributed by atoms with Gasteiger partial charge in [-0.25, -0.2) is 4.79 Å². The molecule has 4 N–H and O–H groups in total. The third kappa shape index (κ3) is 7.37. The number of anilines is 1. The first-order valence-electron chi connectivity index (χ1n) is 8.15. The fraction of sp³-hybridized carbons (Fsp3) is 0.211. The zero-order chi connectivity index (χ0) is 18.9. The van der Waals surface area contributed by atoms with Crippen LogP contribution in [0.1, 0.15) is 29.3 Å². The molecule has 7 nitrogen and oxygen atoms in total. The SMILES string of the molecule is CCOC(=O)c1ccc(OC(=O)CCc2ccc(NC(=N)N)cc2)cc1.Cl. The standard InChI is InChI=1S/C19H21N3O4.ClH/c1-2-25-18(24)14-6-10-16(11-7-14)26-17(23)12-5-13-3-8-15(9-4-13)22-19(20)21;/h3-4,6-11H,2,5,12H2,1H3,(H4,20,21,22);1H. The Hall–Kier alpha value is -3.06. The predicted molar refractivity (Wildman–Crippen MR) is 106 cm³/mol. The highest BCUT2D eigenvalue weighted by atomic mass is 35.5. The molecule has 0 saturated heterocycles. The first kappa shape index (κ1) is 22.0. The lowest BCUT2D eigenvalue weighted by Crippen LogP contribution is -2.20. The minimum atomic E-state index is -0.409. The van der Waals surface area contributed by atoms with E-state index in [-0.39, 0.29) is 30.8 Å². The number of esters is 2. The van der Waals surface area contributed by atoms with Crippen LogP contribution in [0.15, 0.2) is 48.5 Å². The van der Waals surface area contributed by atoms with E-state index in [1.165, 1.54) is 0 Å². The monoisotopic (exact) mass is 391 g/mol. The van der Waals surface area contributed by atoms with Crippen LogP contribution in [0.5, 0.6) is 5.75 Å². The summed E-state index contributed by atoms with van der Waals surface area (Å²) in [5.41, 5.74) is 7.35. The van der Waals surface area contributed by atoms with Gasteiger partial charge in [0.25, 0.3) is 0 Å². The Morgan fingerprint density at radius 1 is 1.07 bits per heavy atom. The molecular weight excluding hydrogens is 370 g/mol. The quantitative estimate of drug-likeness (QED) is 0.289. The van der Waals surface area contributed by atoms with Crippen LogP contribution in [0.3, 0.4) is 0 Å². The zero-order valence-corrected chi connectivity index (χ0v) is 15.7. The number of nitrogens with two attached hydrogens (primary N) is 1. The average molecular weight is 392 g/mol. The number of benzene rings is 2. The van der Waals surface area contributed by atoms with E-state index in [1.807, 2.05) is 12.1 Å². The van der Waals surface area contributed by atoms with Gasteiger partial charge in [-0.1, -0.05) is 12.1 Å². The summed E-state index contributed by atoms with van der Waals surface area (Å²) in [6.07, 6.45) is 0.749. The lowest BCUT2D eigenvalue weighted by atomic mass is 10.1. The number of hydrogen-bond donors (Lipinski definition) is 3. The van der Waals surface area contributed by atoms with E-state index < -0.39 is 5.97 Å². The summed E-state index contributed by atoms with van der Waals surface area (Å²) in [6, 6.07) is 13.5. The van der Waals surface area contributed by atoms with Crippen molar-refractivity contribution >= 4 is 36.0 Å². The summed E-state index contributed by atoms with van der Waals surface area (Å²) in [6.45, 7) is 2.04. The Labute approximate surface area is 163 Å². The molecule has 0 spiro atoms. The van der Waals surface area contributed by atoms with Gasteiger partial charge < -0.3 is 20.5 Å². The molecule has 2 rings (SSSR count). The highest BCUT2D eigenvalue weighted by Crippen LogP contribution is 2.15. The van der Waals surface area contributed by atoms with E-state index in [0.717, 1.165) is 5.56 Å². The minimum absolute atomic E-state index is 0. The first-order valence-corrected chi connectivity index (χ1v) is 8.15. The summed E-state index contributed by atoms with van der Waals surface area (Å²) in [5, 5.41) is 9.85. The van der Waals surface area contributed by atoms with E-state index >= 15 is 0 Å². The van der Waals surface area contributed by atoms with Gasteiger partial charge in [0.2, 0.25) is 0 Å². The number of guanidine groups is 1. The molecule has 0 aliphatic heterocycles. The second-order valence-electron chi connectivity index (χ2n) is 5.45. The number of carbonyl (C=O) groups is 2. The zero-order valence-electron chi connectivity index (χ0n) is 14.9. The Bertz CT molecular complexity index is 777. The summed E-state index contributed by atoms with van der Waals surface area (Å²) < 4.78 is 10.2. The molecular formula is C19H22ClN3O4. The average Bonchev–Trinajstić information content (AvgIpc) is 2.61. The number of nitrogens with one attached hydrogen (secondary N) is 2. The third-order valence-electron chi connectivity index (χ3n) is 3.45. The number of ether oxygens (including phenoxy) is 2. The van der Waals surface area contributed by atoms with Gasteiger partial charge in [0.1, 0.15) is 5.75 Å². The third-order valence-corrected chi connectivity index (χ3v) is 3.45. The van der Waals surface area contributed by atoms with Crippen molar-refractivity contribution in [1.29, 1.82) is 5.41 Å². The van der Waals surface area contributed by atoms with Gasteiger partial charge in [-0.05, 0) is 55.3 Å². The maximum absolute atomic E-state index is 11.9. The van der Waals surface area contributed by atoms with Crippen LogP contribution >= 0.6 is 12.4 Å². The van der Waals surface area contributed by atoms with Crippen molar-refractivity contribution in [3.63, 3.8) is 0 Å². The van der Waals surface area contributed by atoms with Crippen LogP contribution in [0.25, 0.3) is 0 Å². The molecule has 0 bridgehead atoms. The predicted octanol–water partition coefficient (Wildman–Crippen LogP) is 3.13. The van der Waals surface area contributed by atoms with Crippen molar-refractivity contribution < 1.29 is 19.1 Å². The van der Waals surface area contributed by atoms with Gasteiger partial charge in [0.05, 0.1) is 12.2 Å². The van der Waals surface area contributed by atoms with E-state index in [4.69, 9.17) is 20.6 Å². The molecule has 144 valence electrons. The van der Waals surface area contributed by atoms with Gasteiger partial charge in [0.15, 0.2) is 5.96 Å². The molecule has 0 aromatic heterocycles. The van der Waals surface area contributed by atoms with Crippen molar-refractivity contribution in [2.75, 3.05) is 11.9 Å². The van der Waals surface area contributed by atoms with Crippen molar-refractivity contribution in [3.05, 3.63) is 59.7 Å². The largest absolute Gasteiger partial charge is 0.462 e. The smallest absolute Gasteiger partial charge is 0.338 e. The molecule has 8 heteroatoms. The Balaban J connectivity index is 0.00000364. The lowest BCUT2D eigenvalue weighted by Gasteiger charge is -2.07. The maximum Gasteiger partial charge on any atom is 0.338 e. The van der Waals surface area contributed by atoms with Crippen LogP contribution in [0.2, 0.25) is 0 Å². The van der Waals surface area contributed by atoms with Gasteiger partial charge in [-0.15, -0.1) is 12.4 Å². The van der Waals surface area contributed by atoms with Gasteiger partial charge in [0, 0.05) is 12.1 Å². The summed E-state index contributed by atoms with van der Waals surface area (Å²) in [5.74, 6) is -0.521. The van der Waals surface area contributed by atoms with Crippen LogP contribution in [-0.4, -0.2) is 24.5 Å². The van der Waals surface area contributed by atoms with E-state index in [2.05, 4.69) is 5.32 Å². The lowest BCUT2D eigenvalue weighted by molar-refractivity contribution is -0.134. The topological polar surface area (TPSA) is 114 Å². The number of carbonyl (C=O) groups excluding carboxylic acids is 2. The summed E-state index contributed by atoms with van der Waals surface area (Å²) in [7, 11) is 0. The summed E-state index contributed by atoms with van der Waals surface area (Å²) >= 11 is 0. The molecule has 0 fully saturated rings. The molecule has 0 saturated carbocycles. The van der Waals surface area contributed by atoms with Crippen molar-refractivity contribution in [3.8, 4) is 5.75 Å². The van der Waals surface area contributed by atoms with Gasteiger partial charge in [-0.3, -0.25) is 10.2 Å². The Kier molecular flexibility index (Phi) is 8.81. The number of rotatable bonds is 7. The fourth-order valence-electron chi connectivity index (χ4n) is 2.21. The van der Waals surface area contributed by atoms with Crippen LogP contribution in [0, 0.1) is 5.41 Å². The molecule has 0 atom stereocenters. The molecule has 27 heavy (non-hydrogen) atoms. The van der Waals surface area contributed by atoms with E-state index in [1.54, 1.807) is 43.3 Å². The van der Waals surface area contributed by atoms with E-state index in [9.17, 15) is 9.59 Å². The molecule has 0 aliphatic rings. The van der Waals surface area contributed by atoms with Crippen LogP contribution < -0.4 is 15.8 Å². The van der Waals surface area contributed by atoms with Gasteiger partial charge >= 0.3 is 11.9 Å². The van der Waals surface area contributed by atoms with Crippen molar-refractivity contribution in [2.45, 2.75) is 19.8 Å². The molecule has 0 aliphatic carbocycles. The first-order chi connectivity index (χ1) is 12.5. The number of hydrogen-bond acceptors (Lipinski definition) is 5. The molecule has 2 aromatic rings. The molecule has 0 unspecified atom stereocenters. The fourth-order valence-corrected chi connectivity index (χ4v) is 2.21. The van der Waals surface area contributed by atoms with Crippen LogP contribution in [-0.2, 0) is 16.0 Å². The van der Waals surface area contributed by atoms with E-state index in [0.29, 0.717) is 30.0 Å². The number of aryl methyl sites for hydroxylation is 1.